The molecule has 25 heavy (non-hydrogen) atoms. The highest BCUT2D eigenvalue weighted by Gasteiger charge is 2.13. The minimum atomic E-state index is -0.169. The summed E-state index contributed by atoms with van der Waals surface area (Å²) in [6, 6.07) is 9.14. The largest absolute Gasteiger partial charge is 0.495 e. The van der Waals surface area contributed by atoms with Gasteiger partial charge in [0, 0.05) is 22.7 Å². The Morgan fingerprint density at radius 2 is 2.20 bits per heavy atom. The van der Waals surface area contributed by atoms with Crippen LogP contribution >= 0.6 is 22.9 Å². The molecule has 128 valence electrons. The number of halogens is 1. The van der Waals surface area contributed by atoms with E-state index in [2.05, 4.69) is 15.3 Å². The zero-order chi connectivity index (χ0) is 17.8. The lowest BCUT2D eigenvalue weighted by Crippen LogP contribution is -2.15. The molecular formula is C18H16ClN3O2S. The maximum Gasteiger partial charge on any atom is 0.230 e. The predicted molar refractivity (Wildman–Crippen MR) is 100 cm³/mol. The highest BCUT2D eigenvalue weighted by atomic mass is 35.5. The number of nitrogens with one attached hydrogen (secondary N) is 1. The molecule has 0 fully saturated rings. The first-order valence-corrected chi connectivity index (χ1v) is 8.82. The minimum Gasteiger partial charge on any atom is -0.495 e. The Hall–Kier alpha value is -2.44. The summed E-state index contributed by atoms with van der Waals surface area (Å²) in [7, 11) is 1.54. The monoisotopic (exact) mass is 373 g/mol. The van der Waals surface area contributed by atoms with E-state index in [1.54, 1.807) is 18.3 Å². The van der Waals surface area contributed by atoms with Crippen LogP contribution in [-0.4, -0.2) is 23.0 Å². The molecule has 1 N–H and O–H groups in total. The minimum absolute atomic E-state index is 0.169. The summed E-state index contributed by atoms with van der Waals surface area (Å²) in [5, 5.41) is 6.11. The molecule has 0 unspecified atom stereocenters. The molecule has 2 heterocycles. The zero-order valence-corrected chi connectivity index (χ0v) is 15.3. The first-order chi connectivity index (χ1) is 12.1. The molecule has 1 aromatic carbocycles. The van der Waals surface area contributed by atoms with Gasteiger partial charge >= 0.3 is 0 Å². The number of ether oxygens (including phenoxy) is 1. The molecule has 0 radical (unpaired) electrons. The van der Waals surface area contributed by atoms with Gasteiger partial charge in [0.15, 0.2) is 0 Å². The normalized spacial score (nSPS) is 10.5. The first kappa shape index (κ1) is 17.4. The van der Waals surface area contributed by atoms with Crippen LogP contribution in [0.1, 0.15) is 11.3 Å². The van der Waals surface area contributed by atoms with Crippen LogP contribution < -0.4 is 10.1 Å². The number of hydrogen-bond donors (Lipinski definition) is 1. The van der Waals surface area contributed by atoms with E-state index in [-0.39, 0.29) is 12.3 Å². The highest BCUT2D eigenvalue weighted by molar-refractivity contribution is 7.13. The number of thiazole rings is 1. The molecule has 5 nitrogen and oxygen atoms in total. The topological polar surface area (TPSA) is 64.1 Å². The van der Waals surface area contributed by atoms with Crippen LogP contribution in [0.2, 0.25) is 5.02 Å². The lowest BCUT2D eigenvalue weighted by molar-refractivity contribution is -0.115. The third-order valence-electron chi connectivity index (χ3n) is 3.53. The Bertz CT molecular complexity index is 897. The number of aryl methyl sites for hydroxylation is 1. The zero-order valence-electron chi connectivity index (χ0n) is 13.7. The standard InChI is InChI=1S/C18H16ClN3O2S/c1-11-7-15(16(24-2)9-13(11)19)22-17(23)8-12-10-25-18(21-12)14-5-3-4-6-20-14/h3-7,9-10H,8H2,1-2H3,(H,22,23). The van der Waals surface area contributed by atoms with Crippen LogP contribution in [0.25, 0.3) is 10.7 Å². The summed E-state index contributed by atoms with van der Waals surface area (Å²) >= 11 is 7.55. The fraction of sp³-hybridized carbons (Fsp3) is 0.167. The second-order valence-corrected chi connectivity index (χ2v) is 6.65. The van der Waals surface area contributed by atoms with Crippen molar-refractivity contribution in [1.82, 2.24) is 9.97 Å². The second kappa shape index (κ2) is 7.63. The number of anilines is 1. The summed E-state index contributed by atoms with van der Waals surface area (Å²) in [5.74, 6) is 0.356. The van der Waals surface area contributed by atoms with E-state index in [1.807, 2.05) is 30.5 Å². The number of rotatable bonds is 5. The van der Waals surface area contributed by atoms with E-state index >= 15 is 0 Å². The van der Waals surface area contributed by atoms with Crippen LogP contribution in [0.15, 0.2) is 41.9 Å². The molecule has 0 saturated heterocycles. The van der Waals surface area contributed by atoms with Gasteiger partial charge in [-0.2, -0.15) is 0 Å². The van der Waals surface area contributed by atoms with Crippen LogP contribution in [0.5, 0.6) is 5.75 Å². The third-order valence-corrected chi connectivity index (χ3v) is 4.85. The number of hydrogen-bond acceptors (Lipinski definition) is 5. The van der Waals surface area contributed by atoms with Crippen molar-refractivity contribution >= 4 is 34.5 Å². The van der Waals surface area contributed by atoms with Crippen molar-refractivity contribution in [2.75, 3.05) is 12.4 Å². The summed E-state index contributed by atoms with van der Waals surface area (Å²) in [4.78, 5) is 21.1. The summed E-state index contributed by atoms with van der Waals surface area (Å²) < 4.78 is 5.27. The smallest absolute Gasteiger partial charge is 0.230 e. The molecule has 3 rings (SSSR count). The Morgan fingerprint density at radius 1 is 1.36 bits per heavy atom. The number of methoxy groups -OCH3 is 1. The predicted octanol–water partition coefficient (Wildman–Crippen LogP) is 4.36. The van der Waals surface area contributed by atoms with Crippen molar-refractivity contribution < 1.29 is 9.53 Å². The first-order valence-electron chi connectivity index (χ1n) is 7.56. The lowest BCUT2D eigenvalue weighted by atomic mass is 10.2. The van der Waals surface area contributed by atoms with Crippen molar-refractivity contribution in [2.24, 2.45) is 0 Å². The molecule has 0 aliphatic carbocycles. The van der Waals surface area contributed by atoms with Gasteiger partial charge in [0.25, 0.3) is 0 Å². The lowest BCUT2D eigenvalue weighted by Gasteiger charge is -2.11. The van der Waals surface area contributed by atoms with E-state index in [9.17, 15) is 4.79 Å². The highest BCUT2D eigenvalue weighted by Crippen LogP contribution is 2.31. The molecule has 0 aliphatic rings. The van der Waals surface area contributed by atoms with E-state index < -0.39 is 0 Å². The number of carbonyl (C=O) groups is 1. The summed E-state index contributed by atoms with van der Waals surface area (Å²) in [5.41, 5.74) is 2.96. The second-order valence-electron chi connectivity index (χ2n) is 5.39. The maximum absolute atomic E-state index is 12.3. The van der Waals surface area contributed by atoms with E-state index in [4.69, 9.17) is 16.3 Å². The van der Waals surface area contributed by atoms with Gasteiger partial charge in [0.2, 0.25) is 5.91 Å². The van der Waals surface area contributed by atoms with Crippen LogP contribution in [0, 0.1) is 6.92 Å². The van der Waals surface area contributed by atoms with Crippen molar-refractivity contribution in [3.05, 3.63) is 58.2 Å². The molecule has 3 aromatic rings. The third kappa shape index (κ3) is 4.15. The molecule has 0 bridgehead atoms. The van der Waals surface area contributed by atoms with Crippen molar-refractivity contribution in [3.63, 3.8) is 0 Å². The average Bonchev–Trinajstić information content (AvgIpc) is 3.07. The molecule has 1 amide bonds. The van der Waals surface area contributed by atoms with Gasteiger partial charge in [-0.25, -0.2) is 4.98 Å². The Balaban J connectivity index is 1.72. The molecule has 0 atom stereocenters. The van der Waals surface area contributed by atoms with Crippen molar-refractivity contribution in [1.29, 1.82) is 0 Å². The molecule has 2 aromatic heterocycles. The maximum atomic E-state index is 12.3. The molecule has 0 spiro atoms. The van der Waals surface area contributed by atoms with Gasteiger partial charge in [-0.1, -0.05) is 17.7 Å². The molecule has 0 aliphatic heterocycles. The van der Waals surface area contributed by atoms with Gasteiger partial charge in [0.05, 0.1) is 30.6 Å². The molecule has 0 saturated carbocycles. The van der Waals surface area contributed by atoms with Crippen LogP contribution in [0.4, 0.5) is 5.69 Å². The number of amides is 1. The SMILES string of the molecule is COc1cc(Cl)c(C)cc1NC(=O)Cc1csc(-c2ccccn2)n1. The Morgan fingerprint density at radius 3 is 2.92 bits per heavy atom. The fourth-order valence-electron chi connectivity index (χ4n) is 2.28. The van der Waals surface area contributed by atoms with Crippen molar-refractivity contribution in [3.8, 4) is 16.5 Å². The Kier molecular flexibility index (Phi) is 5.31. The van der Waals surface area contributed by atoms with Crippen molar-refractivity contribution in [2.45, 2.75) is 13.3 Å². The van der Waals surface area contributed by atoms with Crippen LogP contribution in [-0.2, 0) is 11.2 Å². The number of aromatic nitrogens is 2. The Labute approximate surface area is 154 Å². The van der Waals surface area contributed by atoms with Gasteiger partial charge in [-0.15, -0.1) is 11.3 Å². The van der Waals surface area contributed by atoms with Gasteiger partial charge in [-0.3, -0.25) is 9.78 Å². The number of carbonyl (C=O) groups excluding carboxylic acids is 1. The quantitative estimate of drug-likeness (QED) is 0.721. The fourth-order valence-corrected chi connectivity index (χ4v) is 3.23. The van der Waals surface area contributed by atoms with E-state index in [0.29, 0.717) is 22.2 Å². The summed E-state index contributed by atoms with van der Waals surface area (Å²) in [6.45, 7) is 1.87. The molecule has 7 heteroatoms. The number of benzene rings is 1. The van der Waals surface area contributed by atoms with Gasteiger partial charge in [0.1, 0.15) is 10.8 Å². The van der Waals surface area contributed by atoms with E-state index in [0.717, 1.165) is 16.3 Å². The van der Waals surface area contributed by atoms with Crippen LogP contribution in [0.3, 0.4) is 0 Å². The van der Waals surface area contributed by atoms with Gasteiger partial charge < -0.3 is 10.1 Å². The molecular weight excluding hydrogens is 358 g/mol. The average molecular weight is 374 g/mol. The number of nitrogens with zero attached hydrogens (tertiary/aromatic N) is 2. The summed E-state index contributed by atoms with van der Waals surface area (Å²) in [6.07, 6.45) is 1.90. The number of pyridine rings is 1. The van der Waals surface area contributed by atoms with E-state index in [1.165, 1.54) is 18.4 Å². The van der Waals surface area contributed by atoms with Gasteiger partial charge in [-0.05, 0) is 30.7 Å².